The van der Waals surface area contributed by atoms with Crippen molar-refractivity contribution in [3.63, 3.8) is 0 Å². The number of fused-ring (bicyclic) bond motifs is 1. The summed E-state index contributed by atoms with van der Waals surface area (Å²) in [6, 6.07) is 0. The SMILES string of the molecule is N/C=C\N(N)c1ncc(F)c2c(C(=O)C(=O)N3CCN(/C(=N/N)N(N)c4nccs4)CC3)c[nH]c12. The number of carbonyl (C=O) groups excluding carboxylic acids is 2. The van der Waals surface area contributed by atoms with Gasteiger partial charge in [-0.2, -0.15) is 0 Å². The van der Waals surface area contributed by atoms with E-state index in [1.54, 1.807) is 16.5 Å². The summed E-state index contributed by atoms with van der Waals surface area (Å²) in [5.41, 5.74) is 5.37. The zero-order valence-corrected chi connectivity index (χ0v) is 19.2. The van der Waals surface area contributed by atoms with E-state index >= 15 is 0 Å². The smallest absolute Gasteiger partial charge is 0.295 e. The zero-order chi connectivity index (χ0) is 25.1. The fourth-order valence-electron chi connectivity index (χ4n) is 3.72. The van der Waals surface area contributed by atoms with Gasteiger partial charge in [-0.1, -0.05) is 0 Å². The van der Waals surface area contributed by atoms with Crippen LogP contribution in [0.25, 0.3) is 10.9 Å². The van der Waals surface area contributed by atoms with E-state index in [0.717, 1.165) is 11.2 Å². The van der Waals surface area contributed by atoms with Gasteiger partial charge in [0.15, 0.2) is 11.6 Å². The maximum Gasteiger partial charge on any atom is 0.295 e. The van der Waals surface area contributed by atoms with Gasteiger partial charge in [-0.25, -0.2) is 31.1 Å². The number of aromatic nitrogens is 3. The number of nitrogens with one attached hydrogen (secondary N) is 1. The first-order chi connectivity index (χ1) is 16.9. The lowest BCUT2D eigenvalue weighted by atomic mass is 10.1. The van der Waals surface area contributed by atoms with Gasteiger partial charge in [0.1, 0.15) is 0 Å². The number of halogens is 1. The van der Waals surface area contributed by atoms with Gasteiger partial charge in [0.25, 0.3) is 11.7 Å². The summed E-state index contributed by atoms with van der Waals surface area (Å²) in [5, 5.41) is 8.25. The van der Waals surface area contributed by atoms with Gasteiger partial charge in [0.05, 0.1) is 22.7 Å². The minimum atomic E-state index is -0.866. The van der Waals surface area contributed by atoms with Crippen molar-refractivity contribution in [3.8, 4) is 0 Å². The number of hydrazone groups is 1. The minimum absolute atomic E-state index is 0.0902. The molecule has 14 nitrogen and oxygen atoms in total. The molecule has 1 aliphatic heterocycles. The van der Waals surface area contributed by atoms with Crippen molar-refractivity contribution in [2.45, 2.75) is 0 Å². The normalized spacial score (nSPS) is 14.7. The highest BCUT2D eigenvalue weighted by molar-refractivity contribution is 7.13. The largest absolute Gasteiger partial charge is 0.403 e. The number of guanidine groups is 1. The van der Waals surface area contributed by atoms with Gasteiger partial charge in [0, 0.05) is 56.4 Å². The summed E-state index contributed by atoms with van der Waals surface area (Å²) >= 11 is 1.31. The molecule has 1 amide bonds. The number of thiazole rings is 1. The van der Waals surface area contributed by atoms with Crippen LogP contribution in [-0.4, -0.2) is 68.6 Å². The van der Waals surface area contributed by atoms with Crippen molar-refractivity contribution >= 4 is 50.8 Å². The zero-order valence-electron chi connectivity index (χ0n) is 18.3. The van der Waals surface area contributed by atoms with Crippen LogP contribution in [0.1, 0.15) is 10.4 Å². The lowest BCUT2D eigenvalue weighted by Gasteiger charge is -2.37. The lowest BCUT2D eigenvalue weighted by molar-refractivity contribution is -0.127. The number of nitrogens with zero attached hydrogens (tertiary/aromatic N) is 7. The Labute approximate surface area is 202 Å². The number of hydrogen-bond donors (Lipinski definition) is 5. The molecule has 184 valence electrons. The number of pyridine rings is 1. The second-order valence-corrected chi connectivity index (χ2v) is 8.23. The van der Waals surface area contributed by atoms with Gasteiger partial charge in [-0.05, 0) is 0 Å². The highest BCUT2D eigenvalue weighted by Gasteiger charge is 2.32. The van der Waals surface area contributed by atoms with Gasteiger partial charge in [-0.3, -0.25) is 14.6 Å². The molecule has 1 fully saturated rings. The van der Waals surface area contributed by atoms with Crippen LogP contribution in [0.4, 0.5) is 15.3 Å². The summed E-state index contributed by atoms with van der Waals surface area (Å²) < 4.78 is 14.6. The van der Waals surface area contributed by atoms with Crippen molar-refractivity contribution in [2.24, 2.45) is 28.4 Å². The second kappa shape index (κ2) is 9.92. The van der Waals surface area contributed by atoms with Gasteiger partial charge in [-0.15, -0.1) is 16.4 Å². The van der Waals surface area contributed by atoms with Crippen molar-refractivity contribution in [1.29, 1.82) is 0 Å². The standard InChI is InChI=1S/C19H23FN12O2S/c20-12-10-27-16(31(23)3-1-21)14-13(12)11(9-26-14)15(33)17(34)29-4-6-30(7-5-29)18(28-22)32(24)19-25-2-8-35-19/h1-3,8-10,26H,4-7,21-24H2/b3-1-,28-18-. The topological polar surface area (TPSA) is 205 Å². The number of hydrazine groups is 2. The van der Waals surface area contributed by atoms with Crippen LogP contribution in [0.3, 0.4) is 0 Å². The van der Waals surface area contributed by atoms with Crippen molar-refractivity contribution in [1.82, 2.24) is 24.8 Å². The third-order valence-electron chi connectivity index (χ3n) is 5.38. The molecule has 9 N–H and O–H groups in total. The molecule has 0 bridgehead atoms. The third-order valence-corrected chi connectivity index (χ3v) is 6.15. The molecule has 0 radical (unpaired) electrons. The molecular weight excluding hydrogens is 479 g/mol. The number of ketones is 1. The predicted molar refractivity (Wildman–Crippen MR) is 129 cm³/mol. The molecule has 1 aliphatic rings. The number of aromatic amines is 1. The first-order valence-corrected chi connectivity index (χ1v) is 11.1. The quantitative estimate of drug-likeness (QED) is 0.0729. The Balaban J connectivity index is 1.49. The first kappa shape index (κ1) is 23.9. The summed E-state index contributed by atoms with van der Waals surface area (Å²) in [4.78, 5) is 40.0. The van der Waals surface area contributed by atoms with Gasteiger partial charge >= 0.3 is 0 Å². The van der Waals surface area contributed by atoms with E-state index in [2.05, 4.69) is 20.1 Å². The van der Waals surface area contributed by atoms with E-state index in [-0.39, 0.29) is 41.3 Å². The molecule has 16 heteroatoms. The highest BCUT2D eigenvalue weighted by Crippen LogP contribution is 2.28. The fourth-order valence-corrected chi connectivity index (χ4v) is 4.28. The number of piperazine rings is 1. The van der Waals surface area contributed by atoms with Crippen LogP contribution in [0.5, 0.6) is 0 Å². The average molecular weight is 503 g/mol. The van der Waals surface area contributed by atoms with E-state index in [0.29, 0.717) is 18.2 Å². The molecule has 0 aliphatic carbocycles. The molecule has 0 aromatic carbocycles. The Morgan fingerprint density at radius 3 is 2.54 bits per heavy atom. The molecule has 4 heterocycles. The molecule has 1 saturated heterocycles. The third kappa shape index (κ3) is 4.44. The molecule has 3 aromatic rings. The first-order valence-electron chi connectivity index (χ1n) is 10.3. The van der Waals surface area contributed by atoms with Crippen molar-refractivity contribution in [2.75, 3.05) is 36.2 Å². The lowest BCUT2D eigenvalue weighted by Crippen LogP contribution is -2.57. The predicted octanol–water partition coefficient (Wildman–Crippen LogP) is -0.795. The van der Waals surface area contributed by atoms with E-state index in [9.17, 15) is 14.0 Å². The minimum Gasteiger partial charge on any atom is -0.403 e. The number of rotatable bonds is 5. The van der Waals surface area contributed by atoms with Gasteiger partial charge in [0.2, 0.25) is 11.1 Å². The van der Waals surface area contributed by atoms with Crippen LogP contribution in [-0.2, 0) is 4.79 Å². The second-order valence-electron chi connectivity index (χ2n) is 7.35. The number of Topliss-reactive ketones (excluding diaryl/α,β-unsaturated/α-hetero) is 1. The summed E-state index contributed by atoms with van der Waals surface area (Å²) in [6.45, 7) is 1.03. The summed E-state index contributed by atoms with van der Waals surface area (Å²) in [5.74, 6) is 15.5. The van der Waals surface area contributed by atoms with Crippen LogP contribution in [0.15, 0.2) is 41.5 Å². The Morgan fingerprint density at radius 1 is 1.20 bits per heavy atom. The molecule has 0 atom stereocenters. The van der Waals surface area contributed by atoms with Crippen LogP contribution in [0, 0.1) is 5.82 Å². The van der Waals surface area contributed by atoms with Crippen LogP contribution in [0.2, 0.25) is 0 Å². The molecule has 0 spiro atoms. The molecule has 4 rings (SSSR count). The van der Waals surface area contributed by atoms with Crippen LogP contribution >= 0.6 is 11.3 Å². The van der Waals surface area contributed by atoms with E-state index in [1.807, 2.05) is 0 Å². The number of nitrogens with two attached hydrogens (primary N) is 4. The molecule has 0 saturated carbocycles. The maximum absolute atomic E-state index is 14.6. The van der Waals surface area contributed by atoms with Crippen LogP contribution < -0.4 is 33.3 Å². The molecule has 35 heavy (non-hydrogen) atoms. The Bertz CT molecular complexity index is 1280. The maximum atomic E-state index is 14.6. The Hall–Kier alpha value is -4.28. The number of carbonyl (C=O) groups is 2. The Morgan fingerprint density at radius 2 is 1.91 bits per heavy atom. The van der Waals surface area contributed by atoms with Crippen molar-refractivity contribution < 1.29 is 14.0 Å². The fraction of sp³-hybridized carbons (Fsp3) is 0.211. The molecule has 3 aromatic heterocycles. The van der Waals surface area contributed by atoms with E-state index < -0.39 is 17.5 Å². The van der Waals surface area contributed by atoms with E-state index in [1.165, 1.54) is 39.8 Å². The number of anilines is 2. The monoisotopic (exact) mass is 502 g/mol. The molecule has 0 unspecified atom stereocenters. The highest BCUT2D eigenvalue weighted by atomic mass is 32.1. The number of H-pyrrole nitrogens is 1. The number of hydrogen-bond acceptors (Lipinski definition) is 11. The Kier molecular flexibility index (Phi) is 6.76. The average Bonchev–Trinajstić information content (AvgIpc) is 3.55. The van der Waals surface area contributed by atoms with Gasteiger partial charge < -0.3 is 26.4 Å². The van der Waals surface area contributed by atoms with Crippen molar-refractivity contribution in [3.05, 3.63) is 47.8 Å². The molecular formula is C19H23FN12O2S. The summed E-state index contributed by atoms with van der Waals surface area (Å²) in [7, 11) is 0. The summed E-state index contributed by atoms with van der Waals surface area (Å²) in [6.07, 6.45) is 6.27. The van der Waals surface area contributed by atoms with E-state index in [4.69, 9.17) is 23.3 Å². The number of amides is 1.